The minimum absolute atomic E-state index is 0.0433. The average molecular weight is 354 g/mol. The van der Waals surface area contributed by atoms with Gasteiger partial charge in [-0.1, -0.05) is 24.8 Å². The maximum Gasteiger partial charge on any atom is 0.167 e. The van der Waals surface area contributed by atoms with Crippen LogP contribution in [0.2, 0.25) is 0 Å². The number of anilines is 1. The fourth-order valence-corrected chi connectivity index (χ4v) is 4.61. The van der Waals surface area contributed by atoms with Gasteiger partial charge in [-0.05, 0) is 30.0 Å². The number of Topliss-reactive ketones (excluding diaryl/α,β-unsaturated/α-hetero) is 2. The van der Waals surface area contributed by atoms with Gasteiger partial charge in [-0.3, -0.25) is 14.5 Å². The third-order valence-electron chi connectivity index (χ3n) is 6.06. The lowest BCUT2D eigenvalue weighted by Crippen LogP contribution is -2.47. The van der Waals surface area contributed by atoms with E-state index < -0.39 is 5.41 Å². The van der Waals surface area contributed by atoms with Crippen molar-refractivity contribution in [3.63, 3.8) is 0 Å². The minimum atomic E-state index is -0.636. The number of carbonyl (C=O) groups is 2. The molecule has 3 fully saturated rings. The zero-order valence-electron chi connectivity index (χ0n) is 15.2. The van der Waals surface area contributed by atoms with Crippen molar-refractivity contribution in [3.05, 3.63) is 42.5 Å². The van der Waals surface area contributed by atoms with Gasteiger partial charge < -0.3 is 9.64 Å². The fraction of sp³-hybridized carbons (Fsp3) is 0.524. The Kier molecular flexibility index (Phi) is 4.67. The summed E-state index contributed by atoms with van der Waals surface area (Å²) in [6.07, 6.45) is 1.54. The molecule has 26 heavy (non-hydrogen) atoms. The van der Waals surface area contributed by atoms with Crippen LogP contribution in [0.15, 0.2) is 42.5 Å². The molecular weight excluding hydrogens is 328 g/mol. The van der Waals surface area contributed by atoms with Crippen molar-refractivity contribution in [2.24, 2.45) is 11.3 Å². The molecule has 1 heterocycles. The molecule has 1 aromatic rings. The van der Waals surface area contributed by atoms with E-state index in [9.17, 15) is 9.59 Å². The Bertz CT molecular complexity index is 709. The number of allylic oxidation sites excluding steroid dienone is 1. The van der Waals surface area contributed by atoms with E-state index >= 15 is 0 Å². The first-order valence-electron chi connectivity index (χ1n) is 9.43. The maximum absolute atomic E-state index is 12.6. The zero-order chi connectivity index (χ0) is 18.1. The molecule has 5 nitrogen and oxygen atoms in total. The Balaban J connectivity index is 1.27. The van der Waals surface area contributed by atoms with Crippen molar-refractivity contribution >= 4 is 17.3 Å². The van der Waals surface area contributed by atoms with Crippen LogP contribution in [0.4, 0.5) is 5.69 Å². The molecular formula is C21H26N2O3. The van der Waals surface area contributed by atoms with E-state index in [1.165, 1.54) is 5.69 Å². The molecule has 2 atom stereocenters. The molecule has 0 amide bonds. The highest BCUT2D eigenvalue weighted by atomic mass is 16.5. The number of piperazine rings is 1. The Labute approximate surface area is 154 Å². The Morgan fingerprint density at radius 1 is 1.12 bits per heavy atom. The van der Waals surface area contributed by atoms with Crippen molar-refractivity contribution in [2.45, 2.75) is 19.3 Å². The number of fused-ring (bicyclic) bond motifs is 2. The highest BCUT2D eigenvalue weighted by molar-refractivity contribution is 6.07. The molecule has 4 rings (SSSR count). The van der Waals surface area contributed by atoms with Gasteiger partial charge in [0.15, 0.2) is 5.78 Å². The monoisotopic (exact) mass is 354 g/mol. The summed E-state index contributed by atoms with van der Waals surface area (Å²) < 4.78 is 5.93. The normalized spacial score (nSPS) is 29.5. The van der Waals surface area contributed by atoms with Crippen LogP contribution in [0.5, 0.6) is 0 Å². The molecule has 3 aliphatic rings. The van der Waals surface area contributed by atoms with E-state index in [4.69, 9.17) is 4.74 Å². The molecule has 1 aromatic carbocycles. The molecule has 2 saturated carbocycles. The second-order valence-electron chi connectivity index (χ2n) is 7.87. The summed E-state index contributed by atoms with van der Waals surface area (Å²) in [6.45, 7) is 8.58. The van der Waals surface area contributed by atoms with E-state index in [-0.39, 0.29) is 17.5 Å². The number of hydrogen-bond acceptors (Lipinski definition) is 5. The van der Waals surface area contributed by atoms with Crippen LogP contribution in [-0.2, 0) is 14.3 Å². The number of para-hydroxylation sites is 1. The molecule has 2 bridgehead atoms. The van der Waals surface area contributed by atoms with Crippen LogP contribution in [0.25, 0.3) is 0 Å². The van der Waals surface area contributed by atoms with Crippen LogP contribution in [0.3, 0.4) is 0 Å². The number of nitrogens with zero attached hydrogens (tertiary/aromatic N) is 2. The predicted molar refractivity (Wildman–Crippen MR) is 100.0 cm³/mol. The van der Waals surface area contributed by atoms with Crippen LogP contribution in [-0.4, -0.2) is 56.0 Å². The fourth-order valence-electron chi connectivity index (χ4n) is 4.61. The van der Waals surface area contributed by atoms with Crippen LogP contribution >= 0.6 is 0 Å². The lowest BCUT2D eigenvalue weighted by Gasteiger charge is -2.36. The van der Waals surface area contributed by atoms with Crippen LogP contribution in [0, 0.1) is 11.3 Å². The SMILES string of the molecule is C=C1C(=O)C2(COCN3CCN(c4ccccc4)CC3)CC(=O)C[C@@H]1C2. The molecule has 1 unspecified atom stereocenters. The first-order chi connectivity index (χ1) is 12.6. The summed E-state index contributed by atoms with van der Waals surface area (Å²) >= 11 is 0. The first kappa shape index (κ1) is 17.4. The van der Waals surface area contributed by atoms with Crippen molar-refractivity contribution < 1.29 is 14.3 Å². The van der Waals surface area contributed by atoms with Crippen molar-refractivity contribution in [2.75, 3.05) is 44.4 Å². The van der Waals surface area contributed by atoms with Gasteiger partial charge >= 0.3 is 0 Å². The summed E-state index contributed by atoms with van der Waals surface area (Å²) in [7, 11) is 0. The molecule has 5 heteroatoms. The molecule has 2 aliphatic carbocycles. The summed E-state index contributed by atoms with van der Waals surface area (Å²) in [4.78, 5) is 29.2. The first-order valence-corrected chi connectivity index (χ1v) is 9.43. The van der Waals surface area contributed by atoms with Crippen LogP contribution in [0.1, 0.15) is 19.3 Å². The maximum atomic E-state index is 12.6. The van der Waals surface area contributed by atoms with Crippen molar-refractivity contribution in [1.82, 2.24) is 4.90 Å². The van der Waals surface area contributed by atoms with Gasteiger partial charge in [-0.25, -0.2) is 0 Å². The molecule has 138 valence electrons. The van der Waals surface area contributed by atoms with Gasteiger partial charge in [-0.15, -0.1) is 0 Å². The number of ether oxygens (including phenoxy) is 1. The van der Waals surface area contributed by atoms with E-state index in [0.717, 1.165) is 32.6 Å². The summed E-state index contributed by atoms with van der Waals surface area (Å²) in [5.74, 6) is 0.275. The highest BCUT2D eigenvalue weighted by Crippen LogP contribution is 2.50. The molecule has 1 aliphatic heterocycles. The van der Waals surface area contributed by atoms with Gasteiger partial charge in [0.25, 0.3) is 0 Å². The highest BCUT2D eigenvalue weighted by Gasteiger charge is 2.54. The van der Waals surface area contributed by atoms with Gasteiger partial charge in [0, 0.05) is 44.7 Å². The lowest BCUT2D eigenvalue weighted by molar-refractivity contribution is -0.136. The van der Waals surface area contributed by atoms with Crippen molar-refractivity contribution in [1.29, 1.82) is 0 Å². The second-order valence-corrected chi connectivity index (χ2v) is 7.87. The van der Waals surface area contributed by atoms with Crippen LogP contribution < -0.4 is 4.90 Å². The molecule has 0 N–H and O–H groups in total. The Morgan fingerprint density at radius 2 is 1.85 bits per heavy atom. The van der Waals surface area contributed by atoms with Gasteiger partial charge in [0.05, 0.1) is 18.8 Å². The number of hydrogen-bond donors (Lipinski definition) is 0. The van der Waals surface area contributed by atoms with Crippen molar-refractivity contribution in [3.8, 4) is 0 Å². The average Bonchev–Trinajstić information content (AvgIpc) is 2.83. The van der Waals surface area contributed by atoms with E-state index in [1.54, 1.807) is 0 Å². The smallest absolute Gasteiger partial charge is 0.167 e. The number of benzene rings is 1. The lowest BCUT2D eigenvalue weighted by atomic mass is 9.75. The Morgan fingerprint density at radius 3 is 2.58 bits per heavy atom. The number of carbonyl (C=O) groups excluding carboxylic acids is 2. The summed E-state index contributed by atoms with van der Waals surface area (Å²) in [5.41, 5.74) is 1.26. The summed E-state index contributed by atoms with van der Waals surface area (Å²) in [5, 5.41) is 0. The van der Waals surface area contributed by atoms with Gasteiger partial charge in [-0.2, -0.15) is 0 Å². The molecule has 0 spiro atoms. The Hall–Kier alpha value is -1.98. The van der Waals surface area contributed by atoms with E-state index in [1.807, 2.05) is 6.07 Å². The standard InChI is InChI=1S/C21H26N2O3/c1-16-17-11-19(24)13-21(12-17,20(16)25)14-26-15-22-7-9-23(10-8-22)18-5-3-2-4-6-18/h2-6,17H,1,7-15H2/t17-,21?/m1/s1. The predicted octanol–water partition coefficient (Wildman–Crippen LogP) is 2.28. The number of ketones is 2. The quantitative estimate of drug-likeness (QED) is 0.760. The summed E-state index contributed by atoms with van der Waals surface area (Å²) in [6, 6.07) is 10.4. The third kappa shape index (κ3) is 3.21. The molecule has 1 saturated heterocycles. The van der Waals surface area contributed by atoms with E-state index in [0.29, 0.717) is 31.8 Å². The second kappa shape index (κ2) is 6.97. The van der Waals surface area contributed by atoms with E-state index in [2.05, 4.69) is 40.6 Å². The van der Waals surface area contributed by atoms with Gasteiger partial charge in [0.1, 0.15) is 5.78 Å². The third-order valence-corrected chi connectivity index (χ3v) is 6.06. The minimum Gasteiger partial charge on any atom is -0.369 e. The largest absolute Gasteiger partial charge is 0.369 e. The van der Waals surface area contributed by atoms with Gasteiger partial charge in [0.2, 0.25) is 0 Å². The topological polar surface area (TPSA) is 49.9 Å². The number of rotatable bonds is 5. The zero-order valence-corrected chi connectivity index (χ0v) is 15.2. The molecule has 0 radical (unpaired) electrons. The molecule has 0 aromatic heterocycles.